The molecule has 0 radical (unpaired) electrons. The Bertz CT molecular complexity index is 453. The van der Waals surface area contributed by atoms with Gasteiger partial charge in [-0.2, -0.15) is 0 Å². The second kappa shape index (κ2) is 3.49. The molecule has 1 spiro atoms. The van der Waals surface area contributed by atoms with Gasteiger partial charge in [-0.3, -0.25) is 4.79 Å². The maximum absolute atomic E-state index is 12.4. The molecule has 2 nitrogen and oxygen atoms in total. The van der Waals surface area contributed by atoms with Gasteiger partial charge in [0.15, 0.2) is 0 Å². The summed E-state index contributed by atoms with van der Waals surface area (Å²) in [7, 11) is 0. The van der Waals surface area contributed by atoms with Crippen molar-refractivity contribution in [3.8, 4) is 0 Å². The monoisotopic (exact) mass is 312 g/mol. The molecule has 0 heterocycles. The van der Waals surface area contributed by atoms with Crippen molar-refractivity contribution in [2.45, 2.75) is 57.4 Å². The normalized spacial score (nSPS) is 49.8. The van der Waals surface area contributed by atoms with E-state index < -0.39 is 0 Å². The number of carbonyl (C=O) groups is 1. The first-order valence-corrected chi connectivity index (χ1v) is 7.72. The Kier molecular flexibility index (Phi) is 2.49. The quantitative estimate of drug-likeness (QED) is 0.551. The molecule has 0 aromatic rings. The maximum atomic E-state index is 12.4. The molecule has 4 rings (SSSR count). The highest BCUT2D eigenvalue weighted by atomic mass is 79.9. The molecule has 0 aromatic carbocycles. The predicted molar refractivity (Wildman–Crippen MR) is 74.6 cm³/mol. The van der Waals surface area contributed by atoms with E-state index >= 15 is 0 Å². The maximum Gasteiger partial charge on any atom is 0.143 e. The van der Waals surface area contributed by atoms with Crippen molar-refractivity contribution in [1.29, 1.82) is 0 Å². The van der Waals surface area contributed by atoms with E-state index in [0.717, 1.165) is 19.3 Å². The molecule has 2 saturated carbocycles. The number of ketones is 1. The van der Waals surface area contributed by atoms with Gasteiger partial charge in [-0.15, -0.1) is 0 Å². The van der Waals surface area contributed by atoms with Crippen LogP contribution in [0.15, 0.2) is 11.6 Å². The summed E-state index contributed by atoms with van der Waals surface area (Å²) in [6, 6.07) is 0. The molecular weight excluding hydrogens is 292 g/mol. The van der Waals surface area contributed by atoms with Crippen LogP contribution in [0.2, 0.25) is 0 Å². The standard InChI is InChI=1S/C15H21BrO2/c1-13(2)12(16)10(17)6-9-7-14(3)4-5-15(9,13)8-11(14)18/h7,10,12,17H,4-6,8H2,1-3H3/t10-,12-,14-,15+/m0/s1. The van der Waals surface area contributed by atoms with Crippen LogP contribution in [0.3, 0.4) is 0 Å². The van der Waals surface area contributed by atoms with Gasteiger partial charge in [-0.1, -0.05) is 41.4 Å². The van der Waals surface area contributed by atoms with Gasteiger partial charge < -0.3 is 5.11 Å². The van der Waals surface area contributed by atoms with Gasteiger partial charge in [0.1, 0.15) is 5.78 Å². The molecule has 0 unspecified atom stereocenters. The topological polar surface area (TPSA) is 37.3 Å². The number of hydrogen-bond donors (Lipinski definition) is 1. The van der Waals surface area contributed by atoms with Gasteiger partial charge in [-0.25, -0.2) is 0 Å². The van der Waals surface area contributed by atoms with Crippen LogP contribution in [0.5, 0.6) is 0 Å². The van der Waals surface area contributed by atoms with E-state index in [0.29, 0.717) is 12.2 Å². The molecule has 18 heavy (non-hydrogen) atoms. The predicted octanol–water partition coefficient (Wildman–Crippen LogP) is 3.23. The molecular formula is C15H21BrO2. The molecule has 0 amide bonds. The van der Waals surface area contributed by atoms with Crippen LogP contribution in [0, 0.1) is 16.2 Å². The average Bonchev–Trinajstić information content (AvgIpc) is 2.28. The molecule has 4 atom stereocenters. The Labute approximate surface area is 117 Å². The zero-order valence-electron chi connectivity index (χ0n) is 11.3. The number of allylic oxidation sites excluding steroid dienone is 1. The molecule has 0 aliphatic heterocycles. The Morgan fingerprint density at radius 2 is 2.00 bits per heavy atom. The van der Waals surface area contributed by atoms with E-state index in [1.54, 1.807) is 0 Å². The molecule has 3 heteroatoms. The van der Waals surface area contributed by atoms with E-state index in [4.69, 9.17) is 0 Å². The zero-order valence-corrected chi connectivity index (χ0v) is 12.9. The van der Waals surface area contributed by atoms with Crippen LogP contribution >= 0.6 is 15.9 Å². The molecule has 100 valence electrons. The van der Waals surface area contributed by atoms with Crippen LogP contribution in [0.4, 0.5) is 0 Å². The minimum Gasteiger partial charge on any atom is -0.392 e. The van der Waals surface area contributed by atoms with E-state index in [-0.39, 0.29) is 27.2 Å². The largest absolute Gasteiger partial charge is 0.392 e. The number of hydrogen-bond acceptors (Lipinski definition) is 2. The van der Waals surface area contributed by atoms with Crippen molar-refractivity contribution in [3.63, 3.8) is 0 Å². The lowest BCUT2D eigenvalue weighted by Gasteiger charge is -2.62. The third kappa shape index (κ3) is 1.30. The Balaban J connectivity index is 2.18. The summed E-state index contributed by atoms with van der Waals surface area (Å²) in [5.74, 6) is 0.390. The van der Waals surface area contributed by atoms with Gasteiger partial charge in [0, 0.05) is 22.1 Å². The third-order valence-electron chi connectivity index (χ3n) is 5.97. The smallest absolute Gasteiger partial charge is 0.143 e. The second-order valence-electron chi connectivity index (χ2n) is 7.16. The van der Waals surface area contributed by atoms with Gasteiger partial charge >= 0.3 is 0 Å². The summed E-state index contributed by atoms with van der Waals surface area (Å²) in [5, 5.41) is 10.3. The number of alkyl halides is 1. The number of fused-ring (bicyclic) bond motifs is 2. The summed E-state index contributed by atoms with van der Waals surface area (Å²) >= 11 is 3.68. The molecule has 4 aliphatic carbocycles. The van der Waals surface area contributed by atoms with Crippen molar-refractivity contribution >= 4 is 21.7 Å². The fraction of sp³-hybridized carbons (Fsp3) is 0.800. The van der Waals surface area contributed by atoms with E-state index in [2.05, 4.69) is 42.8 Å². The Morgan fingerprint density at radius 1 is 1.33 bits per heavy atom. The van der Waals surface area contributed by atoms with Crippen LogP contribution in [-0.4, -0.2) is 21.8 Å². The molecule has 2 bridgehead atoms. The van der Waals surface area contributed by atoms with E-state index in [1.165, 1.54) is 5.57 Å². The number of aliphatic hydroxyl groups excluding tert-OH is 1. The number of Topliss-reactive ketones (excluding diaryl/α,β-unsaturated/α-hetero) is 1. The number of rotatable bonds is 0. The first-order valence-electron chi connectivity index (χ1n) is 6.81. The summed E-state index contributed by atoms with van der Waals surface area (Å²) in [4.78, 5) is 12.4. The van der Waals surface area contributed by atoms with Gasteiger partial charge in [0.2, 0.25) is 0 Å². The van der Waals surface area contributed by atoms with Crippen LogP contribution in [0.25, 0.3) is 0 Å². The van der Waals surface area contributed by atoms with Crippen molar-refractivity contribution in [1.82, 2.24) is 0 Å². The fourth-order valence-corrected chi connectivity index (χ4v) is 5.04. The van der Waals surface area contributed by atoms with Crippen LogP contribution < -0.4 is 0 Å². The lowest BCUT2D eigenvalue weighted by Crippen LogP contribution is -2.60. The van der Waals surface area contributed by atoms with Crippen LogP contribution in [0.1, 0.15) is 46.5 Å². The molecule has 0 saturated heterocycles. The highest BCUT2D eigenvalue weighted by Crippen LogP contribution is 2.66. The second-order valence-corrected chi connectivity index (χ2v) is 8.15. The molecule has 1 N–H and O–H groups in total. The van der Waals surface area contributed by atoms with Crippen molar-refractivity contribution < 1.29 is 9.90 Å². The average molecular weight is 313 g/mol. The van der Waals surface area contributed by atoms with Crippen molar-refractivity contribution in [2.24, 2.45) is 16.2 Å². The Hall–Kier alpha value is -0.150. The Morgan fingerprint density at radius 3 is 2.61 bits per heavy atom. The van der Waals surface area contributed by atoms with E-state index in [9.17, 15) is 9.90 Å². The first kappa shape index (κ1) is 12.9. The highest BCUT2D eigenvalue weighted by molar-refractivity contribution is 9.09. The van der Waals surface area contributed by atoms with Crippen molar-refractivity contribution in [3.05, 3.63) is 11.6 Å². The van der Waals surface area contributed by atoms with Gasteiger partial charge in [0.05, 0.1) is 6.10 Å². The van der Waals surface area contributed by atoms with Gasteiger partial charge in [-0.05, 0) is 31.6 Å². The lowest BCUT2D eigenvalue weighted by atomic mass is 9.43. The third-order valence-corrected chi connectivity index (χ3v) is 7.72. The van der Waals surface area contributed by atoms with Crippen LogP contribution in [-0.2, 0) is 4.79 Å². The minimum atomic E-state index is -0.338. The number of carbonyl (C=O) groups excluding carboxylic acids is 1. The molecule has 4 aliphatic rings. The highest BCUT2D eigenvalue weighted by Gasteiger charge is 2.63. The number of aliphatic hydroxyl groups is 1. The lowest BCUT2D eigenvalue weighted by molar-refractivity contribution is -0.140. The molecule has 2 fully saturated rings. The van der Waals surface area contributed by atoms with E-state index in [1.807, 2.05) is 0 Å². The molecule has 0 aromatic heterocycles. The summed E-state index contributed by atoms with van der Waals surface area (Å²) in [5.41, 5.74) is 0.985. The minimum absolute atomic E-state index is 0.0186. The summed E-state index contributed by atoms with van der Waals surface area (Å²) in [6.07, 6.45) is 5.29. The zero-order chi connectivity index (χ0) is 13.3. The van der Waals surface area contributed by atoms with Gasteiger partial charge in [0.25, 0.3) is 0 Å². The van der Waals surface area contributed by atoms with Crippen molar-refractivity contribution in [2.75, 3.05) is 0 Å². The SMILES string of the molecule is CC1(C)[C@@H](Br)[C@@H](O)CC2=C[C@]3(C)CC[C@@]21CC3=O. The fourth-order valence-electron chi connectivity index (χ4n) is 4.42. The summed E-state index contributed by atoms with van der Waals surface area (Å²) < 4.78 is 0. The first-order chi connectivity index (χ1) is 8.23. The summed E-state index contributed by atoms with van der Waals surface area (Å²) in [6.45, 7) is 6.46. The number of halogens is 1.